The number of alkyl halides is 3. The molecule has 0 radical (unpaired) electrons. The smallest absolute Gasteiger partial charge is 0.431 e. The molecule has 25 heavy (non-hydrogen) atoms. The summed E-state index contributed by atoms with van der Waals surface area (Å²) in [6.45, 7) is 4.00. The fourth-order valence-electron chi connectivity index (χ4n) is 1.66. The molecule has 4 nitrogen and oxygen atoms in total. The van der Waals surface area contributed by atoms with Gasteiger partial charge in [0.15, 0.2) is 0 Å². The van der Waals surface area contributed by atoms with Crippen molar-refractivity contribution in [1.29, 1.82) is 0 Å². The first-order valence-corrected chi connectivity index (χ1v) is 8.38. The molecule has 0 bridgehead atoms. The first-order chi connectivity index (χ1) is 11.6. The Labute approximate surface area is 155 Å². The third-order valence-corrected chi connectivity index (χ3v) is 4.69. The molecule has 2 aromatic rings. The number of H-pyrrole nitrogens is 1. The van der Waals surface area contributed by atoms with Gasteiger partial charge in [0.2, 0.25) is 0 Å². The number of carbonyl (C=O) groups is 1. The van der Waals surface area contributed by atoms with E-state index in [2.05, 4.69) is 0 Å². The summed E-state index contributed by atoms with van der Waals surface area (Å²) in [4.78, 5) is 24.1. The fraction of sp³-hybridized carbons (Fsp3) is 0.200. The maximum absolute atomic E-state index is 12.8. The zero-order valence-electron chi connectivity index (χ0n) is 12.9. The lowest BCUT2D eigenvalue weighted by molar-refractivity contribution is -0.141. The summed E-state index contributed by atoms with van der Waals surface area (Å²) in [5, 5.41) is 9.31. The Morgan fingerprint density at radius 2 is 1.72 bits per heavy atom. The van der Waals surface area contributed by atoms with Gasteiger partial charge < -0.3 is 10.1 Å². The molecule has 0 saturated carbocycles. The van der Waals surface area contributed by atoms with Crippen LogP contribution in [0.15, 0.2) is 38.9 Å². The molecule has 0 aliphatic heterocycles. The Kier molecular flexibility index (Phi) is 7.40. The fourth-order valence-corrected chi connectivity index (χ4v) is 3.30. The largest absolute Gasteiger partial charge is 0.477 e. The van der Waals surface area contributed by atoms with Crippen LogP contribution in [0.3, 0.4) is 0 Å². The number of aromatic amines is 1. The van der Waals surface area contributed by atoms with Crippen LogP contribution in [0.5, 0.6) is 0 Å². The van der Waals surface area contributed by atoms with Crippen molar-refractivity contribution >= 4 is 40.9 Å². The van der Waals surface area contributed by atoms with Crippen LogP contribution in [0.25, 0.3) is 0 Å². The second-order valence-electron chi connectivity index (χ2n) is 4.21. The monoisotopic (exact) mass is 413 g/mol. The van der Waals surface area contributed by atoms with E-state index in [9.17, 15) is 22.8 Å². The van der Waals surface area contributed by atoms with Gasteiger partial charge in [-0.2, -0.15) is 13.2 Å². The lowest BCUT2D eigenvalue weighted by Crippen LogP contribution is -2.23. The highest BCUT2D eigenvalue weighted by Crippen LogP contribution is 2.40. The first kappa shape index (κ1) is 21.4. The Balaban J connectivity index is 0.00000151. The SMILES string of the molecule is CC.O=C(O)c1c(Sc2c(Cl)cccc2Cl)cc(C(F)(F)F)[nH]c1=O. The van der Waals surface area contributed by atoms with Gasteiger partial charge in [0.05, 0.1) is 10.0 Å². The van der Waals surface area contributed by atoms with E-state index in [-0.39, 0.29) is 14.9 Å². The molecule has 10 heteroatoms. The molecule has 1 aromatic carbocycles. The zero-order valence-corrected chi connectivity index (χ0v) is 15.2. The van der Waals surface area contributed by atoms with Crippen molar-refractivity contribution in [3.63, 3.8) is 0 Å². The summed E-state index contributed by atoms with van der Waals surface area (Å²) < 4.78 is 38.4. The minimum absolute atomic E-state index is 0.118. The second kappa shape index (κ2) is 8.64. The average molecular weight is 414 g/mol. The van der Waals surface area contributed by atoms with Gasteiger partial charge in [-0.1, -0.05) is 54.9 Å². The molecule has 1 heterocycles. The van der Waals surface area contributed by atoms with Gasteiger partial charge in [0.1, 0.15) is 11.3 Å². The van der Waals surface area contributed by atoms with Gasteiger partial charge in [0.25, 0.3) is 5.56 Å². The van der Waals surface area contributed by atoms with Crippen molar-refractivity contribution < 1.29 is 23.1 Å². The molecule has 2 rings (SSSR count). The molecule has 0 fully saturated rings. The third-order valence-electron chi connectivity index (χ3n) is 2.65. The number of halogens is 5. The normalized spacial score (nSPS) is 10.8. The third kappa shape index (κ3) is 5.17. The van der Waals surface area contributed by atoms with Crippen LogP contribution in [0.1, 0.15) is 29.9 Å². The molecule has 0 spiro atoms. The van der Waals surface area contributed by atoms with E-state index in [1.807, 2.05) is 13.8 Å². The predicted molar refractivity (Wildman–Crippen MR) is 91.0 cm³/mol. The Morgan fingerprint density at radius 3 is 2.16 bits per heavy atom. The molecule has 0 amide bonds. The summed E-state index contributed by atoms with van der Waals surface area (Å²) in [5.41, 5.74) is -3.55. The zero-order chi connectivity index (χ0) is 19.4. The van der Waals surface area contributed by atoms with E-state index in [4.69, 9.17) is 28.3 Å². The molecule has 0 aliphatic rings. The van der Waals surface area contributed by atoms with Gasteiger partial charge in [-0.3, -0.25) is 4.79 Å². The van der Waals surface area contributed by atoms with Crippen LogP contribution in [0, 0.1) is 0 Å². The van der Waals surface area contributed by atoms with Gasteiger partial charge in [-0.05, 0) is 18.2 Å². The molecular weight excluding hydrogens is 402 g/mol. The molecule has 1 aromatic heterocycles. The lowest BCUT2D eigenvalue weighted by atomic mass is 10.2. The molecular formula is C15H12Cl2F3NO3S. The predicted octanol–water partition coefficient (Wildman–Crippen LogP) is 5.58. The van der Waals surface area contributed by atoms with Gasteiger partial charge in [0, 0.05) is 9.79 Å². The van der Waals surface area contributed by atoms with Crippen LogP contribution in [-0.2, 0) is 6.18 Å². The van der Waals surface area contributed by atoms with E-state index in [0.29, 0.717) is 17.8 Å². The lowest BCUT2D eigenvalue weighted by Gasteiger charge is -2.12. The highest BCUT2D eigenvalue weighted by molar-refractivity contribution is 7.99. The quantitative estimate of drug-likeness (QED) is 0.689. The highest BCUT2D eigenvalue weighted by Gasteiger charge is 2.34. The maximum Gasteiger partial charge on any atom is 0.431 e. The van der Waals surface area contributed by atoms with Crippen LogP contribution in [0.2, 0.25) is 10.0 Å². The number of rotatable bonds is 3. The summed E-state index contributed by atoms with van der Waals surface area (Å²) >= 11 is 12.4. The average Bonchev–Trinajstić information content (AvgIpc) is 2.51. The van der Waals surface area contributed by atoms with E-state index in [1.54, 1.807) is 0 Å². The van der Waals surface area contributed by atoms with Crippen LogP contribution in [0.4, 0.5) is 13.2 Å². The van der Waals surface area contributed by atoms with Crippen molar-refractivity contribution in [3.8, 4) is 0 Å². The summed E-state index contributed by atoms with van der Waals surface area (Å²) in [7, 11) is 0. The first-order valence-electron chi connectivity index (χ1n) is 6.81. The summed E-state index contributed by atoms with van der Waals surface area (Å²) in [5.74, 6) is -1.66. The minimum Gasteiger partial charge on any atom is -0.477 e. The van der Waals surface area contributed by atoms with Gasteiger partial charge in [-0.15, -0.1) is 0 Å². The van der Waals surface area contributed by atoms with Crippen LogP contribution >= 0.6 is 35.0 Å². The van der Waals surface area contributed by atoms with Gasteiger partial charge >= 0.3 is 12.1 Å². The Bertz CT molecular complexity index is 817. The van der Waals surface area contributed by atoms with Crippen molar-refractivity contribution in [2.75, 3.05) is 0 Å². The topological polar surface area (TPSA) is 70.2 Å². The molecule has 0 aliphatic carbocycles. The van der Waals surface area contributed by atoms with E-state index < -0.39 is 33.9 Å². The number of hydrogen-bond acceptors (Lipinski definition) is 3. The van der Waals surface area contributed by atoms with Crippen LogP contribution < -0.4 is 5.56 Å². The number of hydrogen-bond donors (Lipinski definition) is 2. The minimum atomic E-state index is -4.84. The molecule has 136 valence electrons. The number of pyridine rings is 1. The van der Waals surface area contributed by atoms with E-state index >= 15 is 0 Å². The number of carboxylic acids is 1. The van der Waals surface area contributed by atoms with E-state index in [0.717, 1.165) is 0 Å². The molecule has 0 unspecified atom stereocenters. The van der Waals surface area contributed by atoms with E-state index in [1.165, 1.54) is 23.2 Å². The molecule has 0 atom stereocenters. The molecule has 0 saturated heterocycles. The van der Waals surface area contributed by atoms with Crippen molar-refractivity contribution in [2.45, 2.75) is 29.8 Å². The van der Waals surface area contributed by atoms with Crippen molar-refractivity contribution in [3.05, 3.63) is 55.9 Å². The number of aromatic nitrogens is 1. The van der Waals surface area contributed by atoms with Crippen molar-refractivity contribution in [2.24, 2.45) is 0 Å². The standard InChI is InChI=1S/C13H6Cl2F3NO3S.C2H6/c14-5-2-1-3-6(15)10(5)23-7-4-8(13(16,17)18)19-11(20)9(7)12(21)22;1-2/h1-4H,(H,19,20)(H,21,22);1-2H3. The maximum atomic E-state index is 12.8. The Morgan fingerprint density at radius 1 is 1.20 bits per heavy atom. The summed E-state index contributed by atoms with van der Waals surface area (Å²) in [6, 6.07) is 4.93. The Hall–Kier alpha value is -1.64. The van der Waals surface area contributed by atoms with Gasteiger partial charge in [-0.25, -0.2) is 4.79 Å². The number of aromatic carboxylic acids is 1. The summed E-state index contributed by atoms with van der Waals surface area (Å²) in [6.07, 6.45) is -4.84. The van der Waals surface area contributed by atoms with Crippen LogP contribution in [-0.4, -0.2) is 16.1 Å². The highest BCUT2D eigenvalue weighted by atomic mass is 35.5. The molecule has 2 N–H and O–H groups in total. The number of nitrogens with one attached hydrogen (secondary N) is 1. The number of carboxylic acid groups (broad SMARTS) is 1. The number of benzene rings is 1. The van der Waals surface area contributed by atoms with Crippen molar-refractivity contribution in [1.82, 2.24) is 4.98 Å². The second-order valence-corrected chi connectivity index (χ2v) is 6.07.